The Morgan fingerprint density at radius 1 is 1.69 bits per heavy atom. The molecule has 13 heavy (non-hydrogen) atoms. The summed E-state index contributed by atoms with van der Waals surface area (Å²) in [5.41, 5.74) is 5.72. The highest BCUT2D eigenvalue weighted by Gasteiger charge is 2.20. The summed E-state index contributed by atoms with van der Waals surface area (Å²) < 4.78 is 4.76. The number of hydrogen-bond acceptors (Lipinski definition) is 3. The van der Waals surface area contributed by atoms with Crippen molar-refractivity contribution in [1.82, 2.24) is 4.90 Å². The molecule has 1 saturated heterocycles. The van der Waals surface area contributed by atoms with Gasteiger partial charge in [-0.05, 0) is 12.8 Å². The minimum atomic E-state index is 0. The molecule has 1 atom stereocenters. The SMILES string of the molecule is COCC(=O)N1CCCC(N)C1.Cl. The molecular weight excluding hydrogens is 192 g/mol. The van der Waals surface area contributed by atoms with Gasteiger partial charge < -0.3 is 15.4 Å². The normalized spacial score (nSPS) is 22.3. The van der Waals surface area contributed by atoms with Gasteiger partial charge in [0.1, 0.15) is 6.61 Å². The van der Waals surface area contributed by atoms with E-state index in [1.54, 1.807) is 4.90 Å². The van der Waals surface area contributed by atoms with Crippen molar-refractivity contribution in [1.29, 1.82) is 0 Å². The Bertz CT molecular complexity index is 166. The maximum Gasteiger partial charge on any atom is 0.248 e. The first-order chi connectivity index (χ1) is 5.74. The Hall–Kier alpha value is -0.320. The first kappa shape index (κ1) is 12.7. The molecule has 1 heterocycles. The zero-order valence-corrected chi connectivity index (χ0v) is 8.68. The maximum absolute atomic E-state index is 11.3. The molecule has 0 bridgehead atoms. The number of methoxy groups -OCH3 is 1. The number of rotatable bonds is 2. The van der Waals surface area contributed by atoms with Crippen LogP contribution in [0.3, 0.4) is 0 Å². The van der Waals surface area contributed by atoms with Crippen molar-refractivity contribution >= 4 is 18.3 Å². The third-order valence-electron chi connectivity index (χ3n) is 2.08. The van der Waals surface area contributed by atoms with Crippen LogP contribution in [0.15, 0.2) is 0 Å². The molecule has 1 aliphatic heterocycles. The van der Waals surface area contributed by atoms with E-state index in [1.165, 1.54) is 7.11 Å². The van der Waals surface area contributed by atoms with Crippen molar-refractivity contribution in [2.75, 3.05) is 26.8 Å². The van der Waals surface area contributed by atoms with Crippen LogP contribution in [0, 0.1) is 0 Å². The second-order valence-corrected chi connectivity index (χ2v) is 3.18. The van der Waals surface area contributed by atoms with Crippen LogP contribution in [-0.4, -0.2) is 43.7 Å². The van der Waals surface area contributed by atoms with E-state index in [4.69, 9.17) is 10.5 Å². The molecule has 0 aromatic carbocycles. The number of piperidine rings is 1. The Morgan fingerprint density at radius 3 is 2.92 bits per heavy atom. The van der Waals surface area contributed by atoms with Gasteiger partial charge in [0.05, 0.1) is 0 Å². The number of carbonyl (C=O) groups is 1. The fraction of sp³-hybridized carbons (Fsp3) is 0.875. The van der Waals surface area contributed by atoms with E-state index < -0.39 is 0 Å². The third kappa shape index (κ3) is 3.93. The van der Waals surface area contributed by atoms with Crippen LogP contribution in [0.2, 0.25) is 0 Å². The maximum atomic E-state index is 11.3. The van der Waals surface area contributed by atoms with Gasteiger partial charge in [-0.2, -0.15) is 0 Å². The van der Waals surface area contributed by atoms with E-state index in [1.807, 2.05) is 0 Å². The van der Waals surface area contributed by atoms with E-state index in [0.29, 0.717) is 6.54 Å². The number of nitrogens with two attached hydrogens (primary N) is 1. The topological polar surface area (TPSA) is 55.6 Å². The van der Waals surface area contributed by atoms with Gasteiger partial charge in [0, 0.05) is 26.2 Å². The van der Waals surface area contributed by atoms with Crippen LogP contribution in [0.1, 0.15) is 12.8 Å². The lowest BCUT2D eigenvalue weighted by molar-refractivity contribution is -0.136. The summed E-state index contributed by atoms with van der Waals surface area (Å²) >= 11 is 0. The molecule has 1 rings (SSSR count). The van der Waals surface area contributed by atoms with Crippen molar-refractivity contribution < 1.29 is 9.53 Å². The first-order valence-electron chi connectivity index (χ1n) is 4.26. The van der Waals surface area contributed by atoms with Crippen molar-refractivity contribution in [3.63, 3.8) is 0 Å². The van der Waals surface area contributed by atoms with E-state index in [2.05, 4.69) is 0 Å². The molecule has 1 amide bonds. The van der Waals surface area contributed by atoms with Crippen LogP contribution in [-0.2, 0) is 9.53 Å². The smallest absolute Gasteiger partial charge is 0.248 e. The summed E-state index contributed by atoms with van der Waals surface area (Å²) in [4.78, 5) is 13.1. The van der Waals surface area contributed by atoms with Crippen LogP contribution in [0.25, 0.3) is 0 Å². The monoisotopic (exact) mass is 208 g/mol. The zero-order chi connectivity index (χ0) is 8.97. The largest absolute Gasteiger partial charge is 0.375 e. The fourth-order valence-corrected chi connectivity index (χ4v) is 1.45. The van der Waals surface area contributed by atoms with Crippen LogP contribution >= 0.6 is 12.4 Å². The number of hydrogen-bond donors (Lipinski definition) is 1. The molecule has 4 nitrogen and oxygen atoms in total. The highest BCUT2D eigenvalue weighted by atomic mass is 35.5. The summed E-state index contributed by atoms with van der Waals surface area (Å²) in [6.45, 7) is 1.69. The average molecular weight is 209 g/mol. The first-order valence-corrected chi connectivity index (χ1v) is 4.26. The number of carbonyl (C=O) groups excluding carboxylic acids is 1. The predicted molar refractivity (Wildman–Crippen MR) is 52.9 cm³/mol. The lowest BCUT2D eigenvalue weighted by Crippen LogP contribution is -2.46. The molecule has 2 N–H and O–H groups in total. The van der Waals surface area contributed by atoms with Crippen molar-refractivity contribution in [2.24, 2.45) is 5.73 Å². The van der Waals surface area contributed by atoms with Gasteiger partial charge in [0.15, 0.2) is 0 Å². The summed E-state index contributed by atoms with van der Waals surface area (Å²) in [5.74, 6) is 0.0488. The van der Waals surface area contributed by atoms with Gasteiger partial charge in [-0.3, -0.25) is 4.79 Å². The van der Waals surface area contributed by atoms with E-state index in [0.717, 1.165) is 19.4 Å². The average Bonchev–Trinajstić information content (AvgIpc) is 2.05. The molecule has 1 fully saturated rings. The van der Waals surface area contributed by atoms with Crippen LogP contribution in [0.5, 0.6) is 0 Å². The Labute approximate surface area is 84.8 Å². The number of ether oxygens (including phenoxy) is 1. The standard InChI is InChI=1S/C8H16N2O2.ClH/c1-12-6-8(11)10-4-2-3-7(9)5-10;/h7H,2-6,9H2,1H3;1H. The van der Waals surface area contributed by atoms with Gasteiger partial charge in [0.25, 0.3) is 0 Å². The quantitative estimate of drug-likeness (QED) is 0.696. The molecule has 0 aromatic rings. The molecular formula is C8H17ClN2O2. The van der Waals surface area contributed by atoms with Gasteiger partial charge >= 0.3 is 0 Å². The minimum Gasteiger partial charge on any atom is -0.375 e. The Kier molecular flexibility index (Phi) is 6.03. The van der Waals surface area contributed by atoms with Crippen molar-refractivity contribution in [3.05, 3.63) is 0 Å². The zero-order valence-electron chi connectivity index (χ0n) is 7.86. The highest BCUT2D eigenvalue weighted by molar-refractivity contribution is 5.85. The summed E-state index contributed by atoms with van der Waals surface area (Å²) in [6.07, 6.45) is 2.04. The molecule has 5 heteroatoms. The predicted octanol–water partition coefficient (Wildman–Crippen LogP) is 0.00430. The molecule has 0 saturated carbocycles. The van der Waals surface area contributed by atoms with Crippen molar-refractivity contribution in [3.8, 4) is 0 Å². The highest BCUT2D eigenvalue weighted by Crippen LogP contribution is 2.07. The van der Waals surface area contributed by atoms with E-state index in [9.17, 15) is 4.79 Å². The Balaban J connectivity index is 0.00000144. The number of likely N-dealkylation sites (tertiary alicyclic amines) is 1. The number of halogens is 1. The van der Waals surface area contributed by atoms with Gasteiger partial charge in [-0.1, -0.05) is 0 Å². The minimum absolute atomic E-state index is 0. The second-order valence-electron chi connectivity index (χ2n) is 3.18. The molecule has 78 valence electrons. The van der Waals surface area contributed by atoms with Crippen LogP contribution in [0.4, 0.5) is 0 Å². The summed E-state index contributed by atoms with van der Waals surface area (Å²) in [7, 11) is 1.53. The van der Waals surface area contributed by atoms with E-state index in [-0.39, 0.29) is 31.0 Å². The van der Waals surface area contributed by atoms with Gasteiger partial charge in [0.2, 0.25) is 5.91 Å². The second kappa shape index (κ2) is 6.18. The fourth-order valence-electron chi connectivity index (χ4n) is 1.45. The Morgan fingerprint density at radius 2 is 2.38 bits per heavy atom. The molecule has 0 radical (unpaired) electrons. The summed E-state index contributed by atoms with van der Waals surface area (Å²) in [6, 6.07) is 0.152. The molecule has 0 aromatic heterocycles. The molecule has 1 unspecified atom stereocenters. The third-order valence-corrected chi connectivity index (χ3v) is 2.08. The van der Waals surface area contributed by atoms with Gasteiger partial charge in [-0.15, -0.1) is 12.4 Å². The number of nitrogens with zero attached hydrogens (tertiary/aromatic N) is 1. The van der Waals surface area contributed by atoms with Gasteiger partial charge in [-0.25, -0.2) is 0 Å². The van der Waals surface area contributed by atoms with E-state index >= 15 is 0 Å². The number of amides is 1. The lowest BCUT2D eigenvalue weighted by atomic mass is 10.1. The van der Waals surface area contributed by atoms with Crippen molar-refractivity contribution in [2.45, 2.75) is 18.9 Å². The molecule has 1 aliphatic rings. The lowest BCUT2D eigenvalue weighted by Gasteiger charge is -2.30. The molecule has 0 aliphatic carbocycles. The molecule has 0 spiro atoms. The summed E-state index contributed by atoms with van der Waals surface area (Å²) in [5, 5.41) is 0. The van der Waals surface area contributed by atoms with Crippen LogP contribution < -0.4 is 5.73 Å².